The highest BCUT2D eigenvalue weighted by Crippen LogP contribution is 2.33. The number of anilines is 2. The Bertz CT molecular complexity index is 1820. The molecule has 1 saturated heterocycles. The first kappa shape index (κ1) is 28.4. The van der Waals surface area contributed by atoms with Crippen molar-refractivity contribution in [2.45, 2.75) is 12.7 Å². The molecule has 0 unspecified atom stereocenters. The molecule has 0 aliphatic carbocycles. The lowest BCUT2D eigenvalue weighted by atomic mass is 9.98. The van der Waals surface area contributed by atoms with Crippen molar-refractivity contribution in [1.29, 1.82) is 0 Å². The summed E-state index contributed by atoms with van der Waals surface area (Å²) < 4.78 is 68.5. The predicted molar refractivity (Wildman–Crippen MR) is 151 cm³/mol. The molecule has 9 nitrogen and oxygen atoms in total. The minimum absolute atomic E-state index is 0.0315. The molecular weight excluding hydrogens is 568 g/mol. The number of likely N-dealkylation sites (N-methyl/N-ethyl adjacent to an activating group) is 1. The van der Waals surface area contributed by atoms with Crippen LogP contribution < -0.4 is 11.1 Å². The predicted octanol–water partition coefficient (Wildman–Crippen LogP) is 5.65. The van der Waals surface area contributed by atoms with Gasteiger partial charge in [0.15, 0.2) is 17.1 Å². The maximum atomic E-state index is 15.5. The first-order valence-corrected chi connectivity index (χ1v) is 13.4. The number of hydrogen-bond donors (Lipinski definition) is 2. The van der Waals surface area contributed by atoms with E-state index in [1.165, 1.54) is 24.3 Å². The summed E-state index contributed by atoms with van der Waals surface area (Å²) in [5, 5.41) is 10.1. The van der Waals surface area contributed by atoms with Crippen molar-refractivity contribution < 1.29 is 36.1 Å². The van der Waals surface area contributed by atoms with E-state index in [9.17, 15) is 18.0 Å². The number of amides is 1. The molecule has 43 heavy (non-hydrogen) atoms. The van der Waals surface area contributed by atoms with E-state index < -0.39 is 29.3 Å². The van der Waals surface area contributed by atoms with Crippen LogP contribution in [-0.4, -0.2) is 58.7 Å². The molecule has 13 heteroatoms. The zero-order valence-corrected chi connectivity index (χ0v) is 23.0. The smallest absolute Gasteiger partial charge is 0.380 e. The van der Waals surface area contributed by atoms with Gasteiger partial charge in [-0.2, -0.15) is 18.3 Å². The number of alkyl halides is 3. The Balaban J connectivity index is 1.29. The zero-order valence-electron chi connectivity index (χ0n) is 23.0. The van der Waals surface area contributed by atoms with Crippen LogP contribution in [0.1, 0.15) is 21.7 Å². The summed E-state index contributed by atoms with van der Waals surface area (Å²) in [5.74, 6) is -1.48. The number of halogens is 4. The largest absolute Gasteiger partial charge is 0.435 e. The van der Waals surface area contributed by atoms with Gasteiger partial charge in [0.2, 0.25) is 0 Å². The Hall–Kier alpha value is -4.75. The molecule has 1 aliphatic rings. The van der Waals surface area contributed by atoms with Crippen molar-refractivity contribution >= 4 is 28.4 Å². The van der Waals surface area contributed by atoms with Gasteiger partial charge in [-0.1, -0.05) is 29.4 Å². The molecule has 3 aromatic carbocycles. The van der Waals surface area contributed by atoms with E-state index >= 15 is 4.39 Å². The molecule has 5 aromatic rings. The molecule has 1 amide bonds. The molecule has 0 radical (unpaired) electrons. The number of rotatable bonds is 6. The third-order valence-electron chi connectivity index (χ3n) is 7.60. The lowest BCUT2D eigenvalue weighted by Crippen LogP contribution is -2.51. The fraction of sp³-hybridized carbons (Fsp3) is 0.233. The highest BCUT2D eigenvalue weighted by molar-refractivity contribution is 6.04. The van der Waals surface area contributed by atoms with Gasteiger partial charge in [0, 0.05) is 22.9 Å². The molecule has 6 rings (SSSR count). The topological polar surface area (TPSA) is 108 Å². The summed E-state index contributed by atoms with van der Waals surface area (Å²) in [4.78, 5) is 13.3. The lowest BCUT2D eigenvalue weighted by molar-refractivity contribution is -0.929. The van der Waals surface area contributed by atoms with Crippen molar-refractivity contribution in [3.05, 3.63) is 89.5 Å². The third kappa shape index (κ3) is 5.68. The molecule has 1 aliphatic heterocycles. The number of nitrogens with one attached hydrogen (secondary N) is 1. The summed E-state index contributed by atoms with van der Waals surface area (Å²) in [6.45, 7) is 3.69. The molecule has 0 atom stereocenters. The SMILES string of the molecule is C[N+]1(Cc2ccccc2-c2ccc(NC(=O)c3cc(C(F)(F)F)nn3-c3ccc4onc(N)c4c3)cc2F)CCOCC1. The van der Waals surface area contributed by atoms with Crippen LogP contribution in [0.3, 0.4) is 0 Å². The van der Waals surface area contributed by atoms with Crippen LogP contribution in [0, 0.1) is 5.82 Å². The van der Waals surface area contributed by atoms with E-state index in [1.54, 1.807) is 6.07 Å². The molecule has 3 heterocycles. The van der Waals surface area contributed by atoms with Gasteiger partial charge in [0.25, 0.3) is 5.91 Å². The summed E-state index contributed by atoms with van der Waals surface area (Å²) in [7, 11) is 2.14. The Kier molecular flexibility index (Phi) is 7.14. The second kappa shape index (κ2) is 10.8. The van der Waals surface area contributed by atoms with E-state index in [0.717, 1.165) is 39.4 Å². The van der Waals surface area contributed by atoms with E-state index in [4.69, 9.17) is 15.0 Å². The quantitative estimate of drug-likeness (QED) is 0.194. The highest BCUT2D eigenvalue weighted by atomic mass is 19.4. The fourth-order valence-corrected chi connectivity index (χ4v) is 5.24. The molecule has 3 N–H and O–H groups in total. The zero-order chi connectivity index (χ0) is 30.4. The minimum Gasteiger partial charge on any atom is -0.380 e. The molecule has 222 valence electrons. The molecule has 0 spiro atoms. The van der Waals surface area contributed by atoms with Crippen molar-refractivity contribution in [2.75, 3.05) is 44.4 Å². The highest BCUT2D eigenvalue weighted by Gasteiger charge is 2.36. The van der Waals surface area contributed by atoms with Gasteiger partial charge in [-0.25, -0.2) is 9.07 Å². The van der Waals surface area contributed by atoms with Crippen LogP contribution in [0.15, 0.2) is 71.3 Å². The van der Waals surface area contributed by atoms with Crippen molar-refractivity contribution in [3.8, 4) is 16.8 Å². The number of carbonyl (C=O) groups is 1. The van der Waals surface area contributed by atoms with Gasteiger partial charge in [-0.3, -0.25) is 4.79 Å². The number of fused-ring (bicyclic) bond motifs is 1. The summed E-state index contributed by atoms with van der Waals surface area (Å²) in [6.07, 6.45) is -4.82. The molecule has 1 fully saturated rings. The lowest BCUT2D eigenvalue weighted by Gasteiger charge is -2.38. The number of nitrogens with zero attached hydrogens (tertiary/aromatic N) is 4. The van der Waals surface area contributed by atoms with Crippen LogP contribution in [0.25, 0.3) is 27.8 Å². The van der Waals surface area contributed by atoms with Crippen LogP contribution in [0.2, 0.25) is 0 Å². The normalized spacial score (nSPS) is 15.1. The van der Waals surface area contributed by atoms with Crippen LogP contribution in [0.5, 0.6) is 0 Å². The average Bonchev–Trinajstić information content (AvgIpc) is 3.58. The number of aromatic nitrogens is 3. The first-order chi connectivity index (χ1) is 20.5. The fourth-order valence-electron chi connectivity index (χ4n) is 5.24. The first-order valence-electron chi connectivity index (χ1n) is 13.4. The van der Waals surface area contributed by atoms with Gasteiger partial charge < -0.3 is 24.8 Å². The van der Waals surface area contributed by atoms with Crippen molar-refractivity contribution in [1.82, 2.24) is 14.9 Å². The van der Waals surface area contributed by atoms with E-state index in [0.29, 0.717) is 42.4 Å². The monoisotopic (exact) mass is 595 g/mol. The number of ether oxygens (including phenoxy) is 1. The number of nitrogen functional groups attached to an aromatic ring is 1. The third-order valence-corrected chi connectivity index (χ3v) is 7.60. The number of carbonyl (C=O) groups excluding carboxylic acids is 1. The maximum absolute atomic E-state index is 15.5. The number of benzene rings is 3. The second-order valence-electron chi connectivity index (χ2n) is 10.7. The minimum atomic E-state index is -4.82. The summed E-state index contributed by atoms with van der Waals surface area (Å²) >= 11 is 0. The Morgan fingerprint density at radius 2 is 1.81 bits per heavy atom. The number of morpholine rings is 1. The number of hydrogen-bond acceptors (Lipinski definition) is 6. The summed E-state index contributed by atoms with van der Waals surface area (Å²) in [6, 6.07) is 16.7. The Labute approximate surface area is 243 Å². The summed E-state index contributed by atoms with van der Waals surface area (Å²) in [5.41, 5.74) is 6.64. The Morgan fingerprint density at radius 1 is 1.05 bits per heavy atom. The van der Waals surface area contributed by atoms with E-state index in [-0.39, 0.29) is 17.2 Å². The van der Waals surface area contributed by atoms with Crippen LogP contribution in [0.4, 0.5) is 29.1 Å². The standard InChI is InChI=1S/C30H26F4N6O3/c1-40(10-12-42-13-11-40)17-18-4-2-3-5-21(18)22-8-6-19(14-24(22)31)36-29(41)25-16-27(30(32,33)34)37-39(25)20-7-9-26-23(15-20)28(35)38-43-26/h2-9,14-16H,10-13,17H2,1H3,(H2-,35,36,38,41)/p+1. The second-order valence-corrected chi connectivity index (χ2v) is 10.7. The van der Waals surface area contributed by atoms with E-state index in [2.05, 4.69) is 22.6 Å². The van der Waals surface area contributed by atoms with Crippen molar-refractivity contribution in [3.63, 3.8) is 0 Å². The van der Waals surface area contributed by atoms with Crippen LogP contribution >= 0.6 is 0 Å². The van der Waals surface area contributed by atoms with Gasteiger partial charge in [-0.05, 0) is 42.0 Å². The van der Waals surface area contributed by atoms with Gasteiger partial charge in [-0.15, -0.1) is 0 Å². The number of nitrogens with two attached hydrogens (primary N) is 1. The van der Waals surface area contributed by atoms with Crippen LogP contribution in [-0.2, 0) is 17.5 Å². The number of quaternary nitrogens is 1. The Morgan fingerprint density at radius 3 is 2.56 bits per heavy atom. The van der Waals surface area contributed by atoms with Crippen molar-refractivity contribution in [2.24, 2.45) is 0 Å². The molecule has 2 aromatic heterocycles. The van der Waals surface area contributed by atoms with E-state index in [1.807, 2.05) is 24.3 Å². The average molecular weight is 596 g/mol. The maximum Gasteiger partial charge on any atom is 0.435 e. The van der Waals surface area contributed by atoms with Gasteiger partial charge in [0.1, 0.15) is 31.1 Å². The molecule has 0 saturated carbocycles. The van der Waals surface area contributed by atoms with Gasteiger partial charge in [0.05, 0.1) is 31.3 Å². The van der Waals surface area contributed by atoms with Gasteiger partial charge >= 0.3 is 6.18 Å². The molecular formula is C30H27F4N6O3+. The molecule has 0 bridgehead atoms.